The van der Waals surface area contributed by atoms with Crippen LogP contribution in [0, 0.1) is 5.41 Å². The van der Waals surface area contributed by atoms with Crippen LogP contribution in [0.3, 0.4) is 0 Å². The number of alkyl halides is 2. The summed E-state index contributed by atoms with van der Waals surface area (Å²) in [5.74, 6) is -2.47. The van der Waals surface area contributed by atoms with E-state index in [1.165, 1.54) is 0 Å². The Labute approximate surface area is 97.9 Å². The van der Waals surface area contributed by atoms with Gasteiger partial charge in [0.25, 0.3) is 0 Å². The molecular formula is C8H10Br2O4. The predicted molar refractivity (Wildman–Crippen MR) is 56.8 cm³/mol. The predicted octanol–water partition coefficient (Wildman–Crippen LogP) is 2.20. The smallest absolute Gasteiger partial charge is 0.321 e. The van der Waals surface area contributed by atoms with Crippen molar-refractivity contribution in [2.75, 3.05) is 0 Å². The molecular weight excluding hydrogens is 320 g/mol. The fourth-order valence-corrected chi connectivity index (χ4v) is 2.35. The second kappa shape index (κ2) is 3.81. The Kier molecular flexibility index (Phi) is 3.26. The van der Waals surface area contributed by atoms with E-state index in [2.05, 4.69) is 31.9 Å². The minimum Gasteiger partial charge on any atom is -0.480 e. The summed E-state index contributed by atoms with van der Waals surface area (Å²) < 4.78 is -0.297. The summed E-state index contributed by atoms with van der Waals surface area (Å²) in [5, 5.41) is 17.8. The van der Waals surface area contributed by atoms with E-state index in [4.69, 9.17) is 10.2 Å². The molecule has 1 fully saturated rings. The molecule has 0 aromatic heterocycles. The molecule has 1 saturated carbocycles. The van der Waals surface area contributed by atoms with E-state index in [0.717, 1.165) is 0 Å². The van der Waals surface area contributed by atoms with Crippen molar-refractivity contribution in [2.24, 2.45) is 5.41 Å². The first-order valence-electron chi connectivity index (χ1n) is 4.15. The van der Waals surface area contributed by atoms with Gasteiger partial charge in [0.2, 0.25) is 0 Å². The van der Waals surface area contributed by atoms with Crippen molar-refractivity contribution in [1.29, 1.82) is 0 Å². The van der Waals surface area contributed by atoms with E-state index >= 15 is 0 Å². The van der Waals surface area contributed by atoms with E-state index in [1.54, 1.807) is 0 Å². The second-order valence-electron chi connectivity index (χ2n) is 3.55. The van der Waals surface area contributed by atoms with E-state index in [0.29, 0.717) is 12.8 Å². The van der Waals surface area contributed by atoms with Gasteiger partial charge in [0, 0.05) is 0 Å². The third-order valence-electron chi connectivity index (χ3n) is 2.65. The molecule has 0 atom stereocenters. The van der Waals surface area contributed by atoms with Gasteiger partial charge in [-0.2, -0.15) is 0 Å². The van der Waals surface area contributed by atoms with Crippen LogP contribution in [0.5, 0.6) is 0 Å². The number of halogens is 2. The van der Waals surface area contributed by atoms with Gasteiger partial charge in [0.05, 0.1) is 3.23 Å². The first-order chi connectivity index (χ1) is 6.30. The van der Waals surface area contributed by atoms with Crippen molar-refractivity contribution in [3.8, 4) is 0 Å². The van der Waals surface area contributed by atoms with Gasteiger partial charge in [0.15, 0.2) is 5.41 Å². The van der Waals surface area contributed by atoms with Crippen molar-refractivity contribution in [2.45, 2.75) is 28.9 Å². The lowest BCUT2D eigenvalue weighted by atomic mass is 9.74. The van der Waals surface area contributed by atoms with Crippen molar-refractivity contribution < 1.29 is 19.8 Å². The third-order valence-corrected chi connectivity index (χ3v) is 4.24. The molecule has 0 aliphatic heterocycles. The maximum Gasteiger partial charge on any atom is 0.321 e. The van der Waals surface area contributed by atoms with Crippen molar-refractivity contribution in [3.63, 3.8) is 0 Å². The van der Waals surface area contributed by atoms with Crippen molar-refractivity contribution in [1.82, 2.24) is 0 Å². The Morgan fingerprint density at radius 1 is 0.929 bits per heavy atom. The zero-order chi connectivity index (χ0) is 11.0. The Morgan fingerprint density at radius 2 is 1.29 bits per heavy atom. The van der Waals surface area contributed by atoms with Crippen LogP contribution in [0.25, 0.3) is 0 Å². The zero-order valence-electron chi connectivity index (χ0n) is 7.30. The number of hydrogen-bond acceptors (Lipinski definition) is 2. The standard InChI is InChI=1S/C8H10Br2O4/c9-8(10)3-1-7(2-4-8,5(11)12)6(13)14/h1-4H2,(H,11,12)(H,13,14). The summed E-state index contributed by atoms with van der Waals surface area (Å²) in [6, 6.07) is 0. The molecule has 6 heteroatoms. The number of rotatable bonds is 2. The summed E-state index contributed by atoms with van der Waals surface area (Å²) >= 11 is 6.75. The number of carbonyl (C=O) groups is 2. The molecule has 0 unspecified atom stereocenters. The molecule has 0 spiro atoms. The van der Waals surface area contributed by atoms with Gasteiger partial charge < -0.3 is 10.2 Å². The number of hydrogen-bond donors (Lipinski definition) is 2. The molecule has 4 nitrogen and oxygen atoms in total. The van der Waals surface area contributed by atoms with Crippen LogP contribution in [0.4, 0.5) is 0 Å². The number of carboxylic acids is 2. The minimum atomic E-state index is -1.59. The first-order valence-corrected chi connectivity index (χ1v) is 5.73. The summed E-state index contributed by atoms with van der Waals surface area (Å²) in [4.78, 5) is 21.8. The first kappa shape index (κ1) is 12.0. The molecule has 0 aromatic carbocycles. The Balaban J connectivity index is 2.85. The SMILES string of the molecule is O=C(O)C1(C(=O)O)CCC(Br)(Br)CC1. The molecule has 14 heavy (non-hydrogen) atoms. The fraction of sp³-hybridized carbons (Fsp3) is 0.750. The molecule has 0 bridgehead atoms. The lowest BCUT2D eigenvalue weighted by Gasteiger charge is -2.35. The molecule has 0 radical (unpaired) electrons. The molecule has 1 aliphatic carbocycles. The molecule has 1 rings (SSSR count). The molecule has 0 heterocycles. The lowest BCUT2D eigenvalue weighted by molar-refractivity contribution is -0.167. The van der Waals surface area contributed by atoms with E-state index in [-0.39, 0.29) is 16.1 Å². The lowest BCUT2D eigenvalue weighted by Crippen LogP contribution is -2.44. The fourth-order valence-electron chi connectivity index (χ4n) is 1.56. The molecule has 2 N–H and O–H groups in total. The highest BCUT2D eigenvalue weighted by molar-refractivity contribution is 9.25. The highest BCUT2D eigenvalue weighted by Gasteiger charge is 2.51. The van der Waals surface area contributed by atoms with Crippen LogP contribution in [-0.4, -0.2) is 25.4 Å². The van der Waals surface area contributed by atoms with Gasteiger partial charge in [-0.15, -0.1) is 0 Å². The quantitative estimate of drug-likeness (QED) is 0.601. The highest BCUT2D eigenvalue weighted by Crippen LogP contribution is 2.48. The molecule has 80 valence electrons. The average Bonchev–Trinajstić information content (AvgIpc) is 2.03. The minimum absolute atomic E-state index is 0.147. The molecule has 0 amide bonds. The summed E-state index contributed by atoms with van der Waals surface area (Å²) in [6.07, 6.45) is 1.28. The molecule has 1 aliphatic rings. The Hall–Kier alpha value is -0.100. The van der Waals surface area contributed by atoms with E-state index in [9.17, 15) is 9.59 Å². The second-order valence-corrected chi connectivity index (χ2v) is 7.65. The largest absolute Gasteiger partial charge is 0.480 e. The van der Waals surface area contributed by atoms with Crippen LogP contribution in [0.1, 0.15) is 25.7 Å². The van der Waals surface area contributed by atoms with Gasteiger partial charge in [-0.1, -0.05) is 31.9 Å². The van der Waals surface area contributed by atoms with Crippen molar-refractivity contribution >= 4 is 43.8 Å². The average molecular weight is 330 g/mol. The van der Waals surface area contributed by atoms with Crippen molar-refractivity contribution in [3.05, 3.63) is 0 Å². The third kappa shape index (κ3) is 2.11. The Morgan fingerprint density at radius 3 is 1.57 bits per heavy atom. The molecule has 0 aromatic rings. The van der Waals surface area contributed by atoms with Crippen LogP contribution in [0.15, 0.2) is 0 Å². The number of aliphatic carboxylic acids is 2. The van der Waals surface area contributed by atoms with E-state index < -0.39 is 17.4 Å². The zero-order valence-corrected chi connectivity index (χ0v) is 10.5. The van der Waals surface area contributed by atoms with Gasteiger partial charge >= 0.3 is 11.9 Å². The van der Waals surface area contributed by atoms with Gasteiger partial charge in [-0.25, -0.2) is 0 Å². The topological polar surface area (TPSA) is 74.6 Å². The van der Waals surface area contributed by atoms with Crippen LogP contribution in [0.2, 0.25) is 0 Å². The highest BCUT2D eigenvalue weighted by atomic mass is 79.9. The maximum absolute atomic E-state index is 10.9. The maximum atomic E-state index is 10.9. The van der Waals surface area contributed by atoms with E-state index in [1.807, 2.05) is 0 Å². The van der Waals surface area contributed by atoms with Gasteiger partial charge in [-0.05, 0) is 25.7 Å². The van der Waals surface area contributed by atoms with Crippen LogP contribution < -0.4 is 0 Å². The van der Waals surface area contributed by atoms with Crippen LogP contribution >= 0.6 is 31.9 Å². The summed E-state index contributed by atoms with van der Waals surface area (Å²) in [6.45, 7) is 0. The monoisotopic (exact) mass is 328 g/mol. The Bertz CT molecular complexity index is 249. The molecule has 0 saturated heterocycles. The summed E-state index contributed by atoms with van der Waals surface area (Å²) in [7, 11) is 0. The summed E-state index contributed by atoms with van der Waals surface area (Å²) in [5.41, 5.74) is -1.59. The number of carboxylic acid groups (broad SMARTS) is 2. The van der Waals surface area contributed by atoms with Gasteiger partial charge in [-0.3, -0.25) is 9.59 Å². The normalized spacial score (nSPS) is 24.1. The van der Waals surface area contributed by atoms with Gasteiger partial charge in [0.1, 0.15) is 0 Å². The van der Waals surface area contributed by atoms with Crippen LogP contribution in [-0.2, 0) is 9.59 Å².